The summed E-state index contributed by atoms with van der Waals surface area (Å²) < 4.78 is 0. The van der Waals surface area contributed by atoms with Gasteiger partial charge >= 0.3 is 0 Å². The van der Waals surface area contributed by atoms with Crippen LogP contribution in [0.25, 0.3) is 0 Å². The maximum atomic E-state index is 10.5. The Morgan fingerprint density at radius 1 is 0.905 bits per heavy atom. The summed E-state index contributed by atoms with van der Waals surface area (Å²) in [6, 6.07) is 0. The van der Waals surface area contributed by atoms with E-state index in [1.807, 2.05) is 0 Å². The van der Waals surface area contributed by atoms with Gasteiger partial charge in [-0.05, 0) is 13.3 Å². The van der Waals surface area contributed by atoms with Gasteiger partial charge in [-0.25, -0.2) is 0 Å². The van der Waals surface area contributed by atoms with Crippen molar-refractivity contribution < 1.29 is 9.90 Å². The lowest BCUT2D eigenvalue weighted by Crippen LogP contribution is -2.14. The molecule has 1 amide bonds. The van der Waals surface area contributed by atoms with Crippen LogP contribution in [0.5, 0.6) is 0 Å². The Morgan fingerprint density at radius 3 is 1.52 bits per heavy atom. The van der Waals surface area contributed by atoms with Crippen LogP contribution in [-0.4, -0.2) is 23.7 Å². The van der Waals surface area contributed by atoms with E-state index in [2.05, 4.69) is 6.92 Å². The number of primary amides is 1. The molecule has 128 valence electrons. The minimum atomic E-state index is -0.338. The highest BCUT2D eigenvalue weighted by atomic mass is 16.3. The minimum absolute atomic E-state index is 0.157. The van der Waals surface area contributed by atoms with E-state index in [1.165, 1.54) is 64.2 Å². The molecule has 0 aliphatic rings. The van der Waals surface area contributed by atoms with Crippen molar-refractivity contribution in [1.82, 2.24) is 0 Å². The van der Waals surface area contributed by atoms with E-state index in [1.54, 1.807) is 6.92 Å². The Balaban J connectivity index is 0. The molecule has 0 rings (SSSR count). The number of aliphatic hydroxyl groups excluding tert-OH is 1. The second kappa shape index (κ2) is 19.4. The van der Waals surface area contributed by atoms with Crippen LogP contribution in [0.3, 0.4) is 0 Å². The lowest BCUT2D eigenvalue weighted by atomic mass is 10.1. The number of rotatable bonds is 13. The molecule has 0 saturated heterocycles. The van der Waals surface area contributed by atoms with Crippen molar-refractivity contribution in [3.63, 3.8) is 0 Å². The topological polar surface area (TPSA) is 89.3 Å². The summed E-state index contributed by atoms with van der Waals surface area (Å²) in [5.41, 5.74) is 10.00. The van der Waals surface area contributed by atoms with Crippen LogP contribution >= 0.6 is 0 Å². The lowest BCUT2D eigenvalue weighted by molar-refractivity contribution is -0.118. The van der Waals surface area contributed by atoms with Gasteiger partial charge in [-0.15, -0.1) is 0 Å². The number of aliphatic hydroxyl groups is 1. The van der Waals surface area contributed by atoms with E-state index < -0.39 is 0 Å². The fraction of sp³-hybridized carbons (Fsp3) is 0.941. The first-order valence-corrected chi connectivity index (χ1v) is 8.71. The molecule has 0 aliphatic heterocycles. The summed E-state index contributed by atoms with van der Waals surface area (Å²) in [7, 11) is 0. The zero-order chi connectivity index (χ0) is 16.3. The number of unbranched alkanes of at least 4 members (excludes halogenated alkanes) is 10. The molecule has 0 saturated carbocycles. The number of nitrogens with two attached hydrogens (primary N) is 2. The Morgan fingerprint density at radius 2 is 1.24 bits per heavy atom. The summed E-state index contributed by atoms with van der Waals surface area (Å²) in [5, 5.41) is 8.24. The number of hydrogen-bond donors (Lipinski definition) is 3. The van der Waals surface area contributed by atoms with Crippen LogP contribution < -0.4 is 11.5 Å². The van der Waals surface area contributed by atoms with Crippen molar-refractivity contribution in [2.45, 2.75) is 97.0 Å². The van der Waals surface area contributed by atoms with Crippen LogP contribution in [0.2, 0.25) is 0 Å². The second-order valence-electron chi connectivity index (χ2n) is 5.84. The molecule has 5 N–H and O–H groups in total. The van der Waals surface area contributed by atoms with Gasteiger partial charge in [0.05, 0.1) is 6.10 Å². The first kappa shape index (κ1) is 22.7. The third kappa shape index (κ3) is 28.3. The zero-order valence-corrected chi connectivity index (χ0v) is 14.3. The quantitative estimate of drug-likeness (QED) is 0.455. The molecule has 0 bridgehead atoms. The third-order valence-electron chi connectivity index (χ3n) is 3.37. The van der Waals surface area contributed by atoms with Gasteiger partial charge in [0, 0.05) is 13.0 Å². The summed E-state index contributed by atoms with van der Waals surface area (Å²) in [6.07, 6.45) is 14.7. The van der Waals surface area contributed by atoms with Gasteiger partial charge in [-0.1, -0.05) is 71.1 Å². The molecule has 0 aromatic rings. The molecular weight excluding hydrogens is 264 g/mol. The summed E-state index contributed by atoms with van der Waals surface area (Å²) in [6.45, 7) is 4.27. The number of carbonyl (C=O) groups excluding carboxylic acids is 1. The smallest absolute Gasteiger partial charge is 0.217 e. The van der Waals surface area contributed by atoms with E-state index >= 15 is 0 Å². The first-order valence-electron chi connectivity index (χ1n) is 8.71. The first-order chi connectivity index (χ1) is 10.0. The predicted molar refractivity (Wildman–Crippen MR) is 91.0 cm³/mol. The molecule has 4 heteroatoms. The molecule has 0 spiro atoms. The largest absolute Gasteiger partial charge is 0.392 e. The average Bonchev–Trinajstić information content (AvgIpc) is 2.45. The van der Waals surface area contributed by atoms with Gasteiger partial charge in [0.25, 0.3) is 0 Å². The minimum Gasteiger partial charge on any atom is -0.392 e. The van der Waals surface area contributed by atoms with Crippen molar-refractivity contribution in [3.05, 3.63) is 0 Å². The van der Waals surface area contributed by atoms with Crippen LogP contribution in [0.15, 0.2) is 0 Å². The monoisotopic (exact) mass is 302 g/mol. The van der Waals surface area contributed by atoms with Crippen LogP contribution in [0.4, 0.5) is 0 Å². The van der Waals surface area contributed by atoms with Gasteiger partial charge in [-0.3, -0.25) is 4.79 Å². The van der Waals surface area contributed by atoms with Gasteiger partial charge in [-0.2, -0.15) is 0 Å². The molecule has 1 unspecified atom stereocenters. The lowest BCUT2D eigenvalue weighted by Gasteiger charge is -2.01. The molecule has 0 fully saturated rings. The van der Waals surface area contributed by atoms with Crippen LogP contribution in [0.1, 0.15) is 90.9 Å². The Bertz CT molecular complexity index is 209. The predicted octanol–water partition coefficient (Wildman–Crippen LogP) is 3.50. The molecule has 4 nitrogen and oxygen atoms in total. The van der Waals surface area contributed by atoms with E-state index in [4.69, 9.17) is 16.6 Å². The van der Waals surface area contributed by atoms with Crippen molar-refractivity contribution in [3.8, 4) is 0 Å². The highest BCUT2D eigenvalue weighted by Crippen LogP contribution is 2.11. The summed E-state index contributed by atoms with van der Waals surface area (Å²) >= 11 is 0. The normalized spacial score (nSPS) is 11.6. The zero-order valence-electron chi connectivity index (χ0n) is 14.3. The van der Waals surface area contributed by atoms with Crippen molar-refractivity contribution >= 4 is 5.91 Å². The van der Waals surface area contributed by atoms with Crippen molar-refractivity contribution in [1.29, 1.82) is 0 Å². The van der Waals surface area contributed by atoms with Gasteiger partial charge in [0.1, 0.15) is 0 Å². The van der Waals surface area contributed by atoms with Gasteiger partial charge < -0.3 is 16.6 Å². The maximum absolute atomic E-state index is 10.5. The van der Waals surface area contributed by atoms with Crippen molar-refractivity contribution in [2.75, 3.05) is 6.54 Å². The van der Waals surface area contributed by atoms with E-state index in [0.717, 1.165) is 6.42 Å². The Hall–Kier alpha value is -0.610. The van der Waals surface area contributed by atoms with Crippen molar-refractivity contribution in [2.24, 2.45) is 11.5 Å². The van der Waals surface area contributed by atoms with Gasteiger partial charge in [0.15, 0.2) is 0 Å². The fourth-order valence-corrected chi connectivity index (χ4v) is 1.96. The van der Waals surface area contributed by atoms with E-state index in [-0.39, 0.29) is 12.0 Å². The van der Waals surface area contributed by atoms with Gasteiger partial charge in [0.2, 0.25) is 5.91 Å². The standard InChI is InChI=1S/C14H29NO.C3H9NO/c1-2-3-4-5-6-7-8-9-10-11-12-13-14(15)16;1-3(5)2-4/h2-13H2,1H3,(H2,15,16);3,5H,2,4H2,1H3. The third-order valence-corrected chi connectivity index (χ3v) is 3.37. The van der Waals surface area contributed by atoms with Crippen LogP contribution in [0, 0.1) is 0 Å². The highest BCUT2D eigenvalue weighted by Gasteiger charge is 1.95. The fourth-order valence-electron chi connectivity index (χ4n) is 1.96. The molecule has 0 aromatic carbocycles. The number of hydrogen-bond acceptors (Lipinski definition) is 3. The maximum Gasteiger partial charge on any atom is 0.217 e. The van der Waals surface area contributed by atoms with Crippen LogP contribution in [-0.2, 0) is 4.79 Å². The molecule has 0 radical (unpaired) electrons. The molecular formula is C17H38N2O2. The molecule has 0 aliphatic carbocycles. The van der Waals surface area contributed by atoms with E-state index in [0.29, 0.717) is 13.0 Å². The average molecular weight is 303 g/mol. The SMILES string of the molecule is CC(O)CN.CCCCCCCCCCCCCC(N)=O. The Labute approximate surface area is 131 Å². The number of carbonyl (C=O) groups is 1. The molecule has 21 heavy (non-hydrogen) atoms. The molecule has 0 aromatic heterocycles. The number of amides is 1. The Kier molecular flexibility index (Phi) is 20.9. The second-order valence-corrected chi connectivity index (χ2v) is 5.84. The highest BCUT2D eigenvalue weighted by molar-refractivity contribution is 5.73. The summed E-state index contributed by atoms with van der Waals surface area (Å²) in [4.78, 5) is 10.5. The molecule has 0 heterocycles. The molecule has 1 atom stereocenters. The summed E-state index contributed by atoms with van der Waals surface area (Å²) in [5.74, 6) is -0.157. The van der Waals surface area contributed by atoms with E-state index in [9.17, 15) is 4.79 Å².